The molecule has 0 unspecified atom stereocenters. The van der Waals surface area contributed by atoms with Crippen LogP contribution in [0.25, 0.3) is 11.0 Å². The minimum absolute atomic E-state index is 0.431. The highest BCUT2D eigenvalue weighted by Crippen LogP contribution is 2.38. The Morgan fingerprint density at radius 1 is 0.676 bits per heavy atom. The third-order valence-electron chi connectivity index (χ3n) is 7.90. The zero-order valence-corrected chi connectivity index (χ0v) is 23.5. The van der Waals surface area contributed by atoms with Crippen molar-refractivity contribution in [3.8, 4) is 0 Å². The smallest absolute Gasteiger partial charge is 0.399 e. The van der Waals surface area contributed by atoms with E-state index in [1.807, 2.05) is 16.9 Å². The average Bonchev–Trinajstić information content (AvgIpc) is 3.30. The van der Waals surface area contributed by atoms with Crippen LogP contribution in [-0.4, -0.2) is 57.0 Å². The Morgan fingerprint density at radius 3 is 1.44 bits per heavy atom. The lowest BCUT2D eigenvalue weighted by Crippen LogP contribution is -2.41. The first-order valence-corrected chi connectivity index (χ1v) is 13.5. The summed E-state index contributed by atoms with van der Waals surface area (Å²) in [5.41, 5.74) is 1.62. The summed E-state index contributed by atoms with van der Waals surface area (Å²) in [7, 11) is -1.02. The van der Waals surface area contributed by atoms with Gasteiger partial charge in [0.2, 0.25) is 0 Å². The van der Waals surface area contributed by atoms with Gasteiger partial charge in [0.15, 0.2) is 0 Å². The second-order valence-corrected chi connectivity index (χ2v) is 12.3. The summed E-state index contributed by atoms with van der Waals surface area (Å²) in [6.07, 6.45) is 4.57. The molecule has 10 heteroatoms. The van der Waals surface area contributed by atoms with Crippen LogP contribution in [0.3, 0.4) is 0 Å². The van der Waals surface area contributed by atoms with Crippen molar-refractivity contribution in [1.82, 2.24) is 15.0 Å². The lowest BCUT2D eigenvalue weighted by atomic mass is 9.72. The number of hydrogen-bond donors (Lipinski definition) is 0. The molecule has 7 nitrogen and oxygen atoms in total. The third kappa shape index (κ3) is 4.73. The number of alkyl halides is 1. The van der Waals surface area contributed by atoms with Crippen LogP contribution < -0.4 is 10.9 Å². The fourth-order valence-corrected chi connectivity index (χ4v) is 4.59. The third-order valence-corrected chi connectivity index (χ3v) is 8.46. The van der Waals surface area contributed by atoms with Gasteiger partial charge in [-0.3, -0.25) is 0 Å². The van der Waals surface area contributed by atoms with E-state index in [1.165, 1.54) is 12.8 Å². The standard InChI is InChI=1S/C24H38B2BrN3O4/c1-21(2)22(3,4)32-25(31-21)17-13-14-18(26-33-23(5,6)24(7,8)34-26)20-19(17)28-30(29-20)16-12-10-9-11-15-27/h13-14H,9-12,15-16H2,1-8H3. The number of rotatable bonds is 8. The van der Waals surface area contributed by atoms with Crippen LogP contribution in [0.4, 0.5) is 0 Å². The highest BCUT2D eigenvalue weighted by molar-refractivity contribution is 9.09. The molecule has 0 spiro atoms. The van der Waals surface area contributed by atoms with Crippen LogP contribution in [0, 0.1) is 0 Å². The number of unbranched alkanes of at least 4 members (excludes halogenated alkanes) is 3. The molecule has 186 valence electrons. The molecule has 2 aliphatic rings. The number of hydrogen-bond acceptors (Lipinski definition) is 6. The quantitative estimate of drug-likeness (QED) is 0.290. The number of halogens is 1. The van der Waals surface area contributed by atoms with Crippen molar-refractivity contribution in [3.05, 3.63) is 12.1 Å². The summed E-state index contributed by atoms with van der Waals surface area (Å²) < 4.78 is 25.4. The Kier molecular flexibility index (Phi) is 7.06. The number of benzene rings is 1. The van der Waals surface area contributed by atoms with E-state index in [0.29, 0.717) is 0 Å². The molecule has 0 bridgehead atoms. The van der Waals surface area contributed by atoms with Crippen molar-refractivity contribution in [1.29, 1.82) is 0 Å². The zero-order chi connectivity index (χ0) is 24.9. The highest BCUT2D eigenvalue weighted by atomic mass is 79.9. The van der Waals surface area contributed by atoms with E-state index in [-0.39, 0.29) is 0 Å². The maximum Gasteiger partial charge on any atom is 0.497 e. The minimum atomic E-state index is -0.510. The van der Waals surface area contributed by atoms with Crippen LogP contribution >= 0.6 is 15.9 Å². The van der Waals surface area contributed by atoms with Crippen LogP contribution in [0.1, 0.15) is 81.1 Å². The van der Waals surface area contributed by atoms with Crippen LogP contribution in [0.5, 0.6) is 0 Å². The van der Waals surface area contributed by atoms with E-state index in [0.717, 1.165) is 46.7 Å². The minimum Gasteiger partial charge on any atom is -0.399 e. The second-order valence-electron chi connectivity index (χ2n) is 11.5. The first-order chi connectivity index (χ1) is 15.8. The van der Waals surface area contributed by atoms with E-state index in [2.05, 4.69) is 71.3 Å². The molecule has 0 N–H and O–H groups in total. The topological polar surface area (TPSA) is 67.6 Å². The second kappa shape index (κ2) is 9.18. The van der Waals surface area contributed by atoms with Gasteiger partial charge in [0.1, 0.15) is 11.0 Å². The van der Waals surface area contributed by atoms with Gasteiger partial charge in [0.05, 0.1) is 28.9 Å². The molecule has 2 aliphatic heterocycles. The monoisotopic (exact) mass is 533 g/mol. The molecule has 1 aromatic carbocycles. The molecule has 0 radical (unpaired) electrons. The normalized spacial score (nSPS) is 22.7. The SMILES string of the molecule is CC1(C)OB(c2ccc(B3OC(C)(C)C(C)(C)O3)c3nn(CCCCCCBr)nc23)OC1(C)C. The van der Waals surface area contributed by atoms with Crippen molar-refractivity contribution in [3.63, 3.8) is 0 Å². The number of fused-ring (bicyclic) bond motifs is 1. The molecule has 4 rings (SSSR count). The lowest BCUT2D eigenvalue weighted by Gasteiger charge is -2.32. The lowest BCUT2D eigenvalue weighted by molar-refractivity contribution is 0.00578. The Hall–Kier alpha value is -0.930. The zero-order valence-electron chi connectivity index (χ0n) is 21.9. The summed E-state index contributed by atoms with van der Waals surface area (Å²) in [6.45, 7) is 17.3. The number of nitrogens with zero attached hydrogens (tertiary/aromatic N) is 3. The van der Waals surface area contributed by atoms with E-state index >= 15 is 0 Å². The maximum absolute atomic E-state index is 6.36. The van der Waals surface area contributed by atoms with Gasteiger partial charge in [-0.1, -0.05) is 40.9 Å². The van der Waals surface area contributed by atoms with Gasteiger partial charge in [-0.2, -0.15) is 15.0 Å². The van der Waals surface area contributed by atoms with Gasteiger partial charge in [-0.25, -0.2) is 0 Å². The first-order valence-electron chi connectivity index (χ1n) is 12.4. The average molecular weight is 534 g/mol. The van der Waals surface area contributed by atoms with Crippen LogP contribution in [0.15, 0.2) is 12.1 Å². The molecular formula is C24H38B2BrN3O4. The molecule has 0 aliphatic carbocycles. The molecular weight excluding hydrogens is 496 g/mol. The number of aryl methyl sites for hydroxylation is 1. The van der Waals surface area contributed by atoms with Gasteiger partial charge in [-0.05, 0) is 68.2 Å². The molecule has 34 heavy (non-hydrogen) atoms. The summed E-state index contributed by atoms with van der Waals surface area (Å²) in [5, 5.41) is 10.8. The van der Waals surface area contributed by atoms with Gasteiger partial charge in [0, 0.05) is 16.3 Å². The molecule has 0 amide bonds. The predicted octanol–water partition coefficient (Wildman–Crippen LogP) is 3.99. The number of aromatic nitrogens is 3. The van der Waals surface area contributed by atoms with Crippen molar-refractivity contribution in [2.24, 2.45) is 0 Å². The van der Waals surface area contributed by atoms with Crippen molar-refractivity contribution >= 4 is 52.1 Å². The van der Waals surface area contributed by atoms with E-state index < -0.39 is 36.6 Å². The fraction of sp³-hybridized carbons (Fsp3) is 0.750. The summed E-state index contributed by atoms with van der Waals surface area (Å²) in [5.74, 6) is 0. The highest BCUT2D eigenvalue weighted by Gasteiger charge is 2.54. The van der Waals surface area contributed by atoms with Gasteiger partial charge in [-0.15, -0.1) is 0 Å². The van der Waals surface area contributed by atoms with Crippen molar-refractivity contribution in [2.45, 2.75) is 110 Å². The van der Waals surface area contributed by atoms with E-state index in [9.17, 15) is 0 Å². The van der Waals surface area contributed by atoms with Crippen LogP contribution in [-0.2, 0) is 25.2 Å². The van der Waals surface area contributed by atoms with Gasteiger partial charge in [0.25, 0.3) is 0 Å². The van der Waals surface area contributed by atoms with Crippen molar-refractivity contribution < 1.29 is 18.6 Å². The molecule has 2 fully saturated rings. The Morgan fingerprint density at radius 2 is 1.06 bits per heavy atom. The summed E-state index contributed by atoms with van der Waals surface area (Å²) >= 11 is 3.50. The van der Waals surface area contributed by atoms with Crippen molar-refractivity contribution in [2.75, 3.05) is 5.33 Å². The summed E-state index contributed by atoms with van der Waals surface area (Å²) in [6, 6.07) is 4.06. The Labute approximate surface area is 213 Å². The molecule has 2 aromatic rings. The Balaban J connectivity index is 1.70. The molecule has 2 saturated heterocycles. The Bertz CT molecular complexity index is 936. The molecule has 0 saturated carbocycles. The van der Waals surface area contributed by atoms with E-state index in [1.54, 1.807) is 0 Å². The fourth-order valence-electron chi connectivity index (χ4n) is 4.20. The maximum atomic E-state index is 6.36. The van der Waals surface area contributed by atoms with E-state index in [4.69, 9.17) is 28.8 Å². The molecule has 1 aromatic heterocycles. The van der Waals surface area contributed by atoms with Crippen LogP contribution in [0.2, 0.25) is 0 Å². The van der Waals surface area contributed by atoms with Gasteiger partial charge < -0.3 is 18.6 Å². The first kappa shape index (κ1) is 26.1. The van der Waals surface area contributed by atoms with Gasteiger partial charge >= 0.3 is 14.2 Å². The molecule has 0 atom stereocenters. The molecule has 3 heterocycles. The predicted molar refractivity (Wildman–Crippen MR) is 141 cm³/mol. The largest absolute Gasteiger partial charge is 0.497 e. The summed E-state index contributed by atoms with van der Waals surface area (Å²) in [4.78, 5) is 1.81.